The van der Waals surface area contributed by atoms with Gasteiger partial charge in [0.25, 0.3) is 0 Å². The maximum atomic E-state index is 11.7. The van der Waals surface area contributed by atoms with E-state index in [2.05, 4.69) is 38.0 Å². The molecule has 0 heterocycles. The fraction of sp³-hybridized carbons (Fsp3) is 0.769. The highest BCUT2D eigenvalue weighted by Crippen LogP contribution is 2.05. The van der Waals surface area contributed by atoms with Gasteiger partial charge in [-0.05, 0) is 41.5 Å². The third kappa shape index (κ3) is 8.89. The van der Waals surface area contributed by atoms with Crippen molar-refractivity contribution >= 4 is 5.97 Å². The summed E-state index contributed by atoms with van der Waals surface area (Å²) in [5.41, 5.74) is -0.184. The molecule has 0 rings (SSSR count). The zero-order valence-corrected chi connectivity index (χ0v) is 11.9. The van der Waals surface area contributed by atoms with E-state index >= 15 is 0 Å². The number of rotatable bonds is 5. The number of nitrogens with one attached hydrogen (secondary N) is 2. The lowest BCUT2D eigenvalue weighted by Gasteiger charge is -2.30. The molecule has 0 aromatic heterocycles. The van der Waals surface area contributed by atoms with Crippen molar-refractivity contribution in [2.45, 2.75) is 58.7 Å². The number of hydrogen-bond donors (Lipinski definition) is 2. The van der Waals surface area contributed by atoms with Crippen LogP contribution in [0.3, 0.4) is 0 Å². The normalized spacial score (nSPS) is 14.2. The van der Waals surface area contributed by atoms with Gasteiger partial charge < -0.3 is 10.1 Å². The topological polar surface area (TPSA) is 50.4 Å². The van der Waals surface area contributed by atoms with Crippen LogP contribution >= 0.6 is 0 Å². The summed E-state index contributed by atoms with van der Waals surface area (Å²) in [7, 11) is 0. The number of carbonyl (C=O) groups is 1. The molecule has 0 bridgehead atoms. The van der Waals surface area contributed by atoms with Gasteiger partial charge >= 0.3 is 5.97 Å². The third-order valence-corrected chi connectivity index (χ3v) is 1.93. The van der Waals surface area contributed by atoms with Crippen molar-refractivity contribution in [3.05, 3.63) is 12.8 Å². The zero-order valence-electron chi connectivity index (χ0n) is 11.9. The predicted molar refractivity (Wildman–Crippen MR) is 70.7 cm³/mol. The Morgan fingerprint density at radius 2 is 1.76 bits per heavy atom. The van der Waals surface area contributed by atoms with E-state index < -0.39 is 0 Å². The smallest absolute Gasteiger partial charge is 0.329 e. The van der Waals surface area contributed by atoms with Crippen LogP contribution in [0.15, 0.2) is 12.8 Å². The van der Waals surface area contributed by atoms with Crippen LogP contribution in [0.1, 0.15) is 41.5 Å². The van der Waals surface area contributed by atoms with Crippen LogP contribution in [0.4, 0.5) is 0 Å². The minimum atomic E-state index is -0.382. The highest BCUT2D eigenvalue weighted by molar-refractivity contribution is 5.76. The molecule has 0 aliphatic heterocycles. The van der Waals surface area contributed by atoms with E-state index in [9.17, 15) is 4.79 Å². The molecule has 0 unspecified atom stereocenters. The quantitative estimate of drug-likeness (QED) is 0.570. The van der Waals surface area contributed by atoms with Crippen molar-refractivity contribution < 1.29 is 9.53 Å². The van der Waals surface area contributed by atoms with E-state index in [0.29, 0.717) is 6.54 Å². The number of carbonyl (C=O) groups excluding carboxylic acids is 1. The predicted octanol–water partition coefficient (Wildman–Crippen LogP) is 1.82. The van der Waals surface area contributed by atoms with E-state index in [-0.39, 0.29) is 23.1 Å². The summed E-state index contributed by atoms with van der Waals surface area (Å²) in [6.45, 7) is 16.1. The Labute approximate surface area is 105 Å². The Hall–Kier alpha value is -0.870. The molecule has 0 fully saturated rings. The first-order valence-corrected chi connectivity index (χ1v) is 5.89. The molecule has 0 aromatic carbocycles. The number of ether oxygens (including phenoxy) is 1. The first kappa shape index (κ1) is 16.1. The highest BCUT2D eigenvalue weighted by Gasteiger charge is 2.25. The van der Waals surface area contributed by atoms with Crippen molar-refractivity contribution in [1.82, 2.24) is 10.6 Å². The zero-order chi connectivity index (χ0) is 13.7. The van der Waals surface area contributed by atoms with Crippen molar-refractivity contribution in [1.29, 1.82) is 0 Å². The van der Waals surface area contributed by atoms with Gasteiger partial charge in [-0.3, -0.25) is 5.32 Å². The van der Waals surface area contributed by atoms with Gasteiger partial charge in [-0.1, -0.05) is 6.58 Å². The van der Waals surface area contributed by atoms with Gasteiger partial charge in [-0.2, -0.15) is 0 Å². The lowest BCUT2D eigenvalue weighted by Crippen LogP contribution is -2.55. The van der Waals surface area contributed by atoms with Crippen molar-refractivity contribution in [3.8, 4) is 0 Å². The van der Waals surface area contributed by atoms with Crippen LogP contribution in [0.25, 0.3) is 0 Å². The number of esters is 1. The summed E-state index contributed by atoms with van der Waals surface area (Å²) in [4.78, 5) is 11.7. The second-order valence-electron chi connectivity index (χ2n) is 6.18. The van der Waals surface area contributed by atoms with Gasteiger partial charge in [-0.25, -0.2) is 4.79 Å². The van der Waals surface area contributed by atoms with E-state index in [0.717, 1.165) is 6.26 Å². The van der Waals surface area contributed by atoms with Crippen LogP contribution < -0.4 is 10.6 Å². The monoisotopic (exact) mass is 242 g/mol. The van der Waals surface area contributed by atoms with Crippen LogP contribution in [0.2, 0.25) is 0 Å². The Bertz CT molecular complexity index is 262. The molecule has 0 saturated carbocycles. The lowest BCUT2D eigenvalue weighted by molar-refractivity contribution is -0.140. The first-order chi connectivity index (χ1) is 7.55. The summed E-state index contributed by atoms with van der Waals surface area (Å²) < 4.78 is 4.84. The molecule has 4 heteroatoms. The fourth-order valence-corrected chi connectivity index (χ4v) is 1.29. The van der Waals surface area contributed by atoms with Gasteiger partial charge in [0.05, 0.1) is 6.26 Å². The number of hydrogen-bond acceptors (Lipinski definition) is 4. The molecule has 0 spiro atoms. The molecular weight excluding hydrogens is 216 g/mol. The minimum Gasteiger partial charge on any atom is -0.434 e. The molecule has 0 radical (unpaired) electrons. The highest BCUT2D eigenvalue weighted by atomic mass is 16.5. The standard InChI is InChI=1S/C13H26N2O2/c1-8-17-11(16)10(15-13(5,6)7)9-14-12(2,3)4/h8,10,14-15H,1,9H2,2-7H3/t10-/m1/s1. The molecule has 0 saturated heterocycles. The van der Waals surface area contributed by atoms with E-state index in [1.807, 2.05) is 20.8 Å². The second kappa shape index (κ2) is 6.17. The van der Waals surface area contributed by atoms with Gasteiger partial charge in [0.1, 0.15) is 6.04 Å². The maximum Gasteiger partial charge on any atom is 0.329 e. The summed E-state index contributed by atoms with van der Waals surface area (Å²) in [6.07, 6.45) is 1.16. The van der Waals surface area contributed by atoms with E-state index in [4.69, 9.17) is 4.74 Å². The van der Waals surface area contributed by atoms with Crippen LogP contribution in [0.5, 0.6) is 0 Å². The summed E-state index contributed by atoms with van der Waals surface area (Å²) in [5, 5.41) is 6.51. The lowest BCUT2D eigenvalue weighted by atomic mass is 10.1. The van der Waals surface area contributed by atoms with Gasteiger partial charge in [-0.15, -0.1) is 0 Å². The molecule has 0 aromatic rings. The SMILES string of the molecule is C=COC(=O)[C@@H](CNC(C)(C)C)NC(C)(C)C. The van der Waals surface area contributed by atoms with E-state index in [1.165, 1.54) is 0 Å². The maximum absolute atomic E-state index is 11.7. The van der Waals surface area contributed by atoms with Crippen LogP contribution in [0, 0.1) is 0 Å². The molecule has 4 nitrogen and oxygen atoms in total. The molecule has 17 heavy (non-hydrogen) atoms. The van der Waals surface area contributed by atoms with Crippen molar-refractivity contribution in [3.63, 3.8) is 0 Å². The Kier molecular flexibility index (Phi) is 5.85. The summed E-state index contributed by atoms with van der Waals surface area (Å²) in [6, 6.07) is -0.382. The molecule has 100 valence electrons. The van der Waals surface area contributed by atoms with Gasteiger partial charge in [0.2, 0.25) is 0 Å². The Morgan fingerprint density at radius 3 is 2.12 bits per heavy atom. The molecular formula is C13H26N2O2. The van der Waals surface area contributed by atoms with Crippen LogP contribution in [-0.4, -0.2) is 29.6 Å². The van der Waals surface area contributed by atoms with Crippen LogP contribution in [-0.2, 0) is 9.53 Å². The minimum absolute atomic E-state index is 0.0354. The molecule has 0 amide bonds. The fourth-order valence-electron chi connectivity index (χ4n) is 1.29. The van der Waals surface area contributed by atoms with Gasteiger partial charge in [0.15, 0.2) is 0 Å². The summed E-state index contributed by atoms with van der Waals surface area (Å²) in [5.74, 6) is -0.313. The summed E-state index contributed by atoms with van der Waals surface area (Å²) >= 11 is 0. The second-order valence-corrected chi connectivity index (χ2v) is 6.18. The average molecular weight is 242 g/mol. The average Bonchev–Trinajstić information content (AvgIpc) is 2.09. The molecule has 0 aliphatic carbocycles. The Balaban J connectivity index is 4.51. The largest absolute Gasteiger partial charge is 0.434 e. The first-order valence-electron chi connectivity index (χ1n) is 5.89. The molecule has 2 N–H and O–H groups in total. The van der Waals surface area contributed by atoms with Crippen molar-refractivity contribution in [2.75, 3.05) is 6.54 Å². The van der Waals surface area contributed by atoms with E-state index in [1.54, 1.807) is 0 Å². The Morgan fingerprint density at radius 1 is 1.24 bits per heavy atom. The molecule has 0 aliphatic rings. The molecule has 1 atom stereocenters. The van der Waals surface area contributed by atoms with Gasteiger partial charge in [0, 0.05) is 17.6 Å². The third-order valence-electron chi connectivity index (χ3n) is 1.93. The van der Waals surface area contributed by atoms with Crippen molar-refractivity contribution in [2.24, 2.45) is 0 Å².